The van der Waals surface area contributed by atoms with E-state index >= 15 is 0 Å². The Bertz CT molecular complexity index is 325. The lowest BCUT2D eigenvalue weighted by atomic mass is 9.98. The fourth-order valence-corrected chi connectivity index (χ4v) is 2.09. The largest absolute Gasteiger partial charge is 0.394 e. The second-order valence-electron chi connectivity index (χ2n) is 4.46. The molecule has 1 aromatic rings. The average Bonchev–Trinajstić information content (AvgIpc) is 2.36. The Labute approximate surface area is 107 Å². The molecule has 0 bridgehead atoms. The van der Waals surface area contributed by atoms with E-state index in [0.717, 1.165) is 29.3 Å². The topological polar surface area (TPSA) is 58.0 Å². The van der Waals surface area contributed by atoms with Crippen molar-refractivity contribution < 1.29 is 5.11 Å². The molecule has 2 N–H and O–H groups in total. The number of aryl methyl sites for hydroxylation is 1. The third kappa shape index (κ3) is 5.02. The van der Waals surface area contributed by atoms with Crippen LogP contribution in [0.4, 0.5) is 0 Å². The molecule has 1 rings (SSSR count). The Morgan fingerprint density at radius 1 is 1.41 bits per heavy atom. The van der Waals surface area contributed by atoms with Gasteiger partial charge >= 0.3 is 0 Å². The summed E-state index contributed by atoms with van der Waals surface area (Å²) in [4.78, 5) is 8.48. The highest BCUT2D eigenvalue weighted by Crippen LogP contribution is 2.17. The van der Waals surface area contributed by atoms with Gasteiger partial charge in [0, 0.05) is 23.7 Å². The summed E-state index contributed by atoms with van der Waals surface area (Å²) in [6.07, 6.45) is 5.64. The lowest BCUT2D eigenvalue weighted by molar-refractivity contribution is 0.173. The Balaban J connectivity index is 2.26. The maximum atomic E-state index is 9.24. The van der Waals surface area contributed by atoms with Gasteiger partial charge < -0.3 is 10.4 Å². The molecule has 0 aromatic carbocycles. The molecule has 1 atom stereocenters. The Morgan fingerprint density at radius 3 is 2.59 bits per heavy atom. The predicted octanol–water partition coefficient (Wildman–Crippen LogP) is 1.63. The van der Waals surface area contributed by atoms with Gasteiger partial charge in [-0.05, 0) is 39.3 Å². The summed E-state index contributed by atoms with van der Waals surface area (Å²) in [6, 6.07) is 0. The van der Waals surface area contributed by atoms with E-state index in [9.17, 15) is 5.11 Å². The van der Waals surface area contributed by atoms with Gasteiger partial charge in [0.05, 0.1) is 6.61 Å². The number of hydrogen-bond acceptors (Lipinski definition) is 5. The summed E-state index contributed by atoms with van der Waals surface area (Å²) in [6.45, 7) is 4.17. The Morgan fingerprint density at radius 2 is 2.06 bits per heavy atom. The highest BCUT2D eigenvalue weighted by Gasteiger charge is 2.19. The highest BCUT2D eigenvalue weighted by molar-refractivity contribution is 7.99. The normalized spacial score (nSPS) is 14.6. The fraction of sp³-hybridized carbons (Fsp3) is 0.667. The molecule has 0 radical (unpaired) electrons. The number of nitrogens with one attached hydrogen (secondary N) is 1. The van der Waals surface area contributed by atoms with Crippen molar-refractivity contribution in [1.29, 1.82) is 0 Å². The molecule has 0 aliphatic heterocycles. The fourth-order valence-electron chi connectivity index (χ4n) is 1.36. The van der Waals surface area contributed by atoms with E-state index in [1.54, 1.807) is 11.8 Å². The lowest BCUT2D eigenvalue weighted by Gasteiger charge is -2.26. The quantitative estimate of drug-likeness (QED) is 0.440. The second kappa shape index (κ2) is 6.93. The minimum absolute atomic E-state index is 0.162. The standard InChI is InChI=1S/C12H21N3OS/c1-10-7-14-11(15-8-10)17-6-4-5-12(2,9-16)13-3/h7-8,13,16H,4-6,9H2,1-3H3. The molecule has 0 spiro atoms. The third-order valence-corrected chi connectivity index (χ3v) is 3.78. The average molecular weight is 255 g/mol. The molecule has 0 aliphatic rings. The summed E-state index contributed by atoms with van der Waals surface area (Å²) < 4.78 is 0. The summed E-state index contributed by atoms with van der Waals surface area (Å²) in [5.74, 6) is 0.973. The van der Waals surface area contributed by atoms with Gasteiger partial charge in [0.15, 0.2) is 5.16 Å². The van der Waals surface area contributed by atoms with Crippen molar-refractivity contribution in [2.24, 2.45) is 0 Å². The molecule has 0 fully saturated rings. The predicted molar refractivity (Wildman–Crippen MR) is 71.3 cm³/mol. The van der Waals surface area contributed by atoms with Crippen LogP contribution < -0.4 is 5.32 Å². The van der Waals surface area contributed by atoms with Gasteiger partial charge in [0.1, 0.15) is 0 Å². The van der Waals surface area contributed by atoms with E-state index in [-0.39, 0.29) is 12.1 Å². The molecule has 0 amide bonds. The van der Waals surface area contributed by atoms with Crippen molar-refractivity contribution in [3.05, 3.63) is 18.0 Å². The van der Waals surface area contributed by atoms with Crippen LogP contribution >= 0.6 is 11.8 Å². The number of thioether (sulfide) groups is 1. The molecule has 0 aliphatic carbocycles. The summed E-state index contributed by atoms with van der Waals surface area (Å²) in [5, 5.41) is 13.2. The van der Waals surface area contributed by atoms with Crippen LogP contribution in [0.3, 0.4) is 0 Å². The molecular weight excluding hydrogens is 234 g/mol. The maximum Gasteiger partial charge on any atom is 0.187 e. The van der Waals surface area contributed by atoms with Gasteiger partial charge in [-0.1, -0.05) is 11.8 Å². The molecule has 1 heterocycles. The van der Waals surface area contributed by atoms with Crippen LogP contribution in [0.2, 0.25) is 0 Å². The number of nitrogens with zero attached hydrogens (tertiary/aromatic N) is 2. The van der Waals surface area contributed by atoms with Crippen LogP contribution in [-0.4, -0.2) is 40.0 Å². The number of rotatable bonds is 7. The maximum absolute atomic E-state index is 9.24. The van der Waals surface area contributed by atoms with E-state index < -0.39 is 0 Å². The van der Waals surface area contributed by atoms with Gasteiger partial charge in [-0.25, -0.2) is 9.97 Å². The molecule has 0 saturated carbocycles. The molecule has 4 nitrogen and oxygen atoms in total. The number of aromatic nitrogens is 2. The van der Waals surface area contributed by atoms with E-state index in [1.807, 2.05) is 33.3 Å². The van der Waals surface area contributed by atoms with Crippen LogP contribution in [0.25, 0.3) is 0 Å². The van der Waals surface area contributed by atoms with Gasteiger partial charge in [-0.3, -0.25) is 0 Å². The first-order valence-electron chi connectivity index (χ1n) is 5.81. The zero-order chi connectivity index (χ0) is 12.7. The Hall–Kier alpha value is -0.650. The molecule has 17 heavy (non-hydrogen) atoms. The highest BCUT2D eigenvalue weighted by atomic mass is 32.2. The van der Waals surface area contributed by atoms with Crippen molar-refractivity contribution in [2.75, 3.05) is 19.4 Å². The van der Waals surface area contributed by atoms with Crippen molar-refractivity contribution in [3.8, 4) is 0 Å². The molecule has 96 valence electrons. The first-order chi connectivity index (χ1) is 8.09. The number of hydrogen-bond donors (Lipinski definition) is 2. The molecule has 0 saturated heterocycles. The monoisotopic (exact) mass is 255 g/mol. The first-order valence-corrected chi connectivity index (χ1v) is 6.79. The van der Waals surface area contributed by atoms with E-state index in [0.29, 0.717) is 0 Å². The van der Waals surface area contributed by atoms with Crippen molar-refractivity contribution in [1.82, 2.24) is 15.3 Å². The minimum atomic E-state index is -0.172. The van der Waals surface area contributed by atoms with E-state index in [2.05, 4.69) is 15.3 Å². The number of aliphatic hydroxyl groups excluding tert-OH is 1. The summed E-state index contributed by atoms with van der Waals surface area (Å²) >= 11 is 1.66. The SMILES string of the molecule is CNC(C)(CO)CCCSc1ncc(C)cn1. The van der Waals surface area contributed by atoms with E-state index in [4.69, 9.17) is 0 Å². The van der Waals surface area contributed by atoms with Crippen LogP contribution in [-0.2, 0) is 0 Å². The van der Waals surface area contributed by atoms with Crippen LogP contribution in [0.5, 0.6) is 0 Å². The molecule has 1 aromatic heterocycles. The van der Waals surface area contributed by atoms with Crippen LogP contribution in [0, 0.1) is 6.92 Å². The first kappa shape index (κ1) is 14.4. The van der Waals surface area contributed by atoms with Gasteiger partial charge in [0.2, 0.25) is 0 Å². The zero-order valence-corrected chi connectivity index (χ0v) is 11.5. The molecule has 1 unspecified atom stereocenters. The van der Waals surface area contributed by atoms with Crippen LogP contribution in [0.1, 0.15) is 25.3 Å². The summed E-state index contributed by atoms with van der Waals surface area (Å²) in [5.41, 5.74) is 0.909. The van der Waals surface area contributed by atoms with Crippen LogP contribution in [0.15, 0.2) is 17.6 Å². The Kier molecular flexibility index (Phi) is 5.88. The van der Waals surface area contributed by atoms with Gasteiger partial charge in [-0.15, -0.1) is 0 Å². The smallest absolute Gasteiger partial charge is 0.187 e. The van der Waals surface area contributed by atoms with Gasteiger partial charge in [0.25, 0.3) is 0 Å². The van der Waals surface area contributed by atoms with Crippen molar-refractivity contribution >= 4 is 11.8 Å². The number of likely N-dealkylation sites (N-methyl/N-ethyl adjacent to an activating group) is 1. The molecule has 5 heteroatoms. The zero-order valence-electron chi connectivity index (χ0n) is 10.7. The third-order valence-electron chi connectivity index (χ3n) is 2.81. The lowest BCUT2D eigenvalue weighted by Crippen LogP contribution is -2.43. The number of aliphatic hydroxyl groups is 1. The van der Waals surface area contributed by atoms with Crippen molar-refractivity contribution in [2.45, 2.75) is 37.4 Å². The molecular formula is C12H21N3OS. The summed E-state index contributed by atoms with van der Waals surface area (Å²) in [7, 11) is 1.88. The second-order valence-corrected chi connectivity index (χ2v) is 5.53. The van der Waals surface area contributed by atoms with Gasteiger partial charge in [-0.2, -0.15) is 0 Å². The minimum Gasteiger partial charge on any atom is -0.394 e. The van der Waals surface area contributed by atoms with Crippen molar-refractivity contribution in [3.63, 3.8) is 0 Å². The van der Waals surface area contributed by atoms with E-state index in [1.165, 1.54) is 0 Å².